The van der Waals surface area contributed by atoms with E-state index in [1.165, 1.54) is 12.1 Å². The van der Waals surface area contributed by atoms with Gasteiger partial charge in [0.2, 0.25) is 5.91 Å². The number of carbonyl (C=O) groups excluding carboxylic acids is 1. The number of nitrogens with zero attached hydrogens (tertiary/aromatic N) is 4. The summed E-state index contributed by atoms with van der Waals surface area (Å²) in [5.41, 5.74) is 3.43. The van der Waals surface area contributed by atoms with Gasteiger partial charge in [0.1, 0.15) is 23.2 Å². The summed E-state index contributed by atoms with van der Waals surface area (Å²) in [6, 6.07) is 14.1. The van der Waals surface area contributed by atoms with Crippen LogP contribution in [0.2, 0.25) is 0 Å². The molecular formula is C25H28FN5O3. The molecule has 3 N–H and O–H groups in total. The summed E-state index contributed by atoms with van der Waals surface area (Å²) in [6.07, 6.45) is 3.47. The van der Waals surface area contributed by atoms with Crippen LogP contribution in [0.15, 0.2) is 54.7 Å². The first-order chi connectivity index (χ1) is 16.5. The van der Waals surface area contributed by atoms with Crippen LogP contribution in [-0.2, 0) is 11.3 Å². The van der Waals surface area contributed by atoms with Crippen molar-refractivity contribution in [3.8, 4) is 11.3 Å². The normalized spacial score (nSPS) is 12.8. The number of benzene rings is 2. The highest BCUT2D eigenvalue weighted by molar-refractivity contribution is 5.82. The van der Waals surface area contributed by atoms with Crippen LogP contribution >= 0.6 is 0 Å². The Morgan fingerprint density at radius 3 is 2.38 bits per heavy atom. The summed E-state index contributed by atoms with van der Waals surface area (Å²) >= 11 is 0. The van der Waals surface area contributed by atoms with Gasteiger partial charge < -0.3 is 20.4 Å². The first-order valence-electron chi connectivity index (χ1n) is 11.1. The highest BCUT2D eigenvalue weighted by Crippen LogP contribution is 2.33. The number of aliphatic hydroxyl groups excluding tert-OH is 2. The summed E-state index contributed by atoms with van der Waals surface area (Å²) in [4.78, 5) is 20.9. The average Bonchev–Trinajstić information content (AvgIpc) is 3.19. The van der Waals surface area contributed by atoms with Crippen LogP contribution in [0.5, 0.6) is 0 Å². The Balaban J connectivity index is 1.63. The van der Waals surface area contributed by atoms with E-state index in [4.69, 9.17) is 4.98 Å². The Morgan fingerprint density at radius 2 is 1.74 bits per heavy atom. The number of halogens is 1. The van der Waals surface area contributed by atoms with Crippen LogP contribution in [0.3, 0.4) is 0 Å². The van der Waals surface area contributed by atoms with Gasteiger partial charge in [0.05, 0.1) is 26.3 Å². The fourth-order valence-corrected chi connectivity index (χ4v) is 3.81. The fourth-order valence-electron chi connectivity index (χ4n) is 3.81. The molecule has 1 aromatic heterocycles. The lowest BCUT2D eigenvalue weighted by Crippen LogP contribution is -2.41. The summed E-state index contributed by atoms with van der Waals surface area (Å²) < 4.78 is 15.4. The molecule has 34 heavy (non-hydrogen) atoms. The van der Waals surface area contributed by atoms with E-state index >= 15 is 0 Å². The number of hydrogen-bond donors (Lipinski definition) is 3. The van der Waals surface area contributed by atoms with E-state index in [0.29, 0.717) is 24.6 Å². The van der Waals surface area contributed by atoms with Crippen molar-refractivity contribution in [3.05, 3.63) is 71.9 Å². The van der Waals surface area contributed by atoms with E-state index < -0.39 is 0 Å². The lowest BCUT2D eigenvalue weighted by atomic mass is 10.1. The molecular weight excluding hydrogens is 437 g/mol. The summed E-state index contributed by atoms with van der Waals surface area (Å²) in [5.74, 6) is 0.883. The zero-order valence-corrected chi connectivity index (χ0v) is 19.0. The maximum Gasteiger partial charge on any atom is 0.241 e. The molecule has 0 spiro atoms. The number of fused-ring (bicyclic) bond motifs is 1. The number of aliphatic hydroxyl groups is 2. The van der Waals surface area contributed by atoms with Crippen molar-refractivity contribution in [1.29, 1.82) is 0 Å². The van der Waals surface area contributed by atoms with Crippen LogP contribution in [-0.4, -0.2) is 68.3 Å². The molecule has 0 saturated carbocycles. The molecule has 9 heteroatoms. The third-order valence-corrected chi connectivity index (χ3v) is 5.64. The number of nitrogens with one attached hydrogen (secondary N) is 1. The Morgan fingerprint density at radius 1 is 1.06 bits per heavy atom. The number of aryl methyl sites for hydroxylation is 1. The molecule has 0 atom stereocenters. The van der Waals surface area contributed by atoms with Crippen molar-refractivity contribution in [2.45, 2.75) is 13.5 Å². The van der Waals surface area contributed by atoms with Crippen LogP contribution in [0.4, 0.5) is 15.9 Å². The van der Waals surface area contributed by atoms with Crippen molar-refractivity contribution in [2.24, 2.45) is 0 Å². The topological polar surface area (TPSA) is 93.9 Å². The van der Waals surface area contributed by atoms with Gasteiger partial charge in [0.15, 0.2) is 0 Å². The number of hydrogen-bond acceptors (Lipinski definition) is 6. The lowest BCUT2D eigenvalue weighted by molar-refractivity contribution is -0.130. The number of anilines is 2. The molecule has 0 bridgehead atoms. The second kappa shape index (κ2) is 10.6. The molecule has 2 heterocycles. The third kappa shape index (κ3) is 5.33. The highest BCUT2D eigenvalue weighted by Gasteiger charge is 2.25. The Labute approximate surface area is 197 Å². The number of rotatable bonds is 9. The quantitative estimate of drug-likeness (QED) is 0.450. The molecule has 1 aliphatic heterocycles. The first-order valence-corrected chi connectivity index (χ1v) is 11.1. The maximum atomic E-state index is 13.5. The van der Waals surface area contributed by atoms with Gasteiger partial charge in [-0.05, 0) is 43.3 Å². The van der Waals surface area contributed by atoms with E-state index in [2.05, 4.69) is 5.32 Å². The molecule has 0 radical (unpaired) electrons. The van der Waals surface area contributed by atoms with Gasteiger partial charge in [-0.25, -0.2) is 9.37 Å². The van der Waals surface area contributed by atoms with Gasteiger partial charge in [0.25, 0.3) is 0 Å². The van der Waals surface area contributed by atoms with E-state index in [1.807, 2.05) is 35.8 Å². The number of carbonyl (C=O) groups is 1. The SMILES string of the molecule is Cc1ccc(Nc2c(-c3ccc(F)cc3)nc3n2C=CN(C(=O)CN(CCO)CCO)C3)cc1. The number of imidazole rings is 1. The van der Waals surface area contributed by atoms with Gasteiger partial charge in [-0.2, -0.15) is 0 Å². The molecule has 1 amide bonds. The van der Waals surface area contributed by atoms with Crippen molar-refractivity contribution < 1.29 is 19.4 Å². The summed E-state index contributed by atoms with van der Waals surface area (Å²) in [7, 11) is 0. The predicted octanol–water partition coefficient (Wildman–Crippen LogP) is 2.80. The van der Waals surface area contributed by atoms with E-state index in [0.717, 1.165) is 22.6 Å². The van der Waals surface area contributed by atoms with Crippen molar-refractivity contribution in [2.75, 3.05) is 38.2 Å². The Hall–Kier alpha value is -3.53. The third-order valence-electron chi connectivity index (χ3n) is 5.64. The first kappa shape index (κ1) is 23.6. The monoisotopic (exact) mass is 465 g/mol. The van der Waals surface area contributed by atoms with Gasteiger partial charge in [0, 0.05) is 36.7 Å². The molecule has 2 aromatic carbocycles. The van der Waals surface area contributed by atoms with Crippen LogP contribution in [0.25, 0.3) is 17.5 Å². The molecule has 8 nitrogen and oxygen atoms in total. The van der Waals surface area contributed by atoms with Gasteiger partial charge in [-0.3, -0.25) is 14.3 Å². The van der Waals surface area contributed by atoms with Crippen LogP contribution in [0.1, 0.15) is 11.4 Å². The Kier molecular flexibility index (Phi) is 7.36. The molecule has 0 saturated heterocycles. The second-order valence-corrected chi connectivity index (χ2v) is 8.14. The predicted molar refractivity (Wildman–Crippen MR) is 129 cm³/mol. The molecule has 178 valence electrons. The molecule has 0 aliphatic carbocycles. The smallest absolute Gasteiger partial charge is 0.241 e. The van der Waals surface area contributed by atoms with Gasteiger partial charge >= 0.3 is 0 Å². The Bertz CT molecular complexity index is 1150. The molecule has 0 fully saturated rings. The zero-order chi connectivity index (χ0) is 24.1. The fraction of sp³-hybridized carbons (Fsp3) is 0.280. The minimum atomic E-state index is -0.326. The summed E-state index contributed by atoms with van der Waals surface area (Å²) in [5, 5.41) is 21.8. The van der Waals surface area contributed by atoms with Crippen LogP contribution in [0, 0.1) is 12.7 Å². The zero-order valence-electron chi connectivity index (χ0n) is 19.0. The van der Waals surface area contributed by atoms with E-state index in [-0.39, 0.29) is 38.0 Å². The standard InChI is InChI=1S/C25H28FN5O3/c1-18-2-8-21(9-3-18)27-25-24(19-4-6-20(26)7-5-19)28-22-16-30(10-11-31(22)25)23(34)17-29(12-14-32)13-15-33/h2-11,27,32-33H,12-17H2,1H3. The van der Waals surface area contributed by atoms with Gasteiger partial charge in [-0.1, -0.05) is 17.7 Å². The summed E-state index contributed by atoms with van der Waals surface area (Å²) in [6.45, 7) is 2.77. The molecule has 1 aliphatic rings. The lowest BCUT2D eigenvalue weighted by Gasteiger charge is -2.26. The van der Waals surface area contributed by atoms with Gasteiger partial charge in [-0.15, -0.1) is 0 Å². The van der Waals surface area contributed by atoms with Crippen LogP contribution < -0.4 is 5.32 Å². The van der Waals surface area contributed by atoms with E-state index in [9.17, 15) is 19.4 Å². The largest absolute Gasteiger partial charge is 0.395 e. The van der Waals surface area contributed by atoms with Crippen molar-refractivity contribution >= 4 is 23.6 Å². The number of aromatic nitrogens is 2. The molecule has 0 unspecified atom stereocenters. The average molecular weight is 466 g/mol. The maximum absolute atomic E-state index is 13.5. The minimum Gasteiger partial charge on any atom is -0.395 e. The van der Waals surface area contributed by atoms with E-state index in [1.54, 1.807) is 34.3 Å². The van der Waals surface area contributed by atoms with Crippen molar-refractivity contribution in [3.63, 3.8) is 0 Å². The molecule has 4 rings (SSSR count). The second-order valence-electron chi connectivity index (χ2n) is 8.14. The van der Waals surface area contributed by atoms with Crippen molar-refractivity contribution in [1.82, 2.24) is 19.4 Å². The highest BCUT2D eigenvalue weighted by atomic mass is 19.1. The number of amides is 1. The minimum absolute atomic E-state index is 0.0749. The molecule has 3 aromatic rings.